The predicted molar refractivity (Wildman–Crippen MR) is 90.8 cm³/mol. The molecule has 0 radical (unpaired) electrons. The summed E-state index contributed by atoms with van der Waals surface area (Å²) < 4.78 is 10.8. The molecule has 1 rings (SSSR count). The normalized spacial score (nSPS) is 13.0. The Morgan fingerprint density at radius 1 is 1.32 bits per heavy atom. The second-order valence-corrected chi connectivity index (χ2v) is 5.57. The zero-order chi connectivity index (χ0) is 15.9. The van der Waals surface area contributed by atoms with Gasteiger partial charge in [-0.15, -0.1) is 12.4 Å². The van der Waals surface area contributed by atoms with E-state index in [2.05, 4.69) is 5.32 Å². The first kappa shape index (κ1) is 20.5. The molecule has 0 aromatic heterocycles. The molecule has 5 nitrogen and oxygen atoms in total. The van der Waals surface area contributed by atoms with E-state index < -0.39 is 0 Å². The fraction of sp³-hybridized carbons (Fsp3) is 0.562. The van der Waals surface area contributed by atoms with Crippen molar-refractivity contribution < 1.29 is 14.3 Å². The van der Waals surface area contributed by atoms with E-state index in [0.717, 1.165) is 0 Å². The van der Waals surface area contributed by atoms with Gasteiger partial charge in [-0.2, -0.15) is 0 Å². The third-order valence-corrected chi connectivity index (χ3v) is 3.78. The molecular weight excluding hydrogens is 304 g/mol. The van der Waals surface area contributed by atoms with E-state index in [-0.39, 0.29) is 36.2 Å². The molecule has 126 valence electrons. The van der Waals surface area contributed by atoms with Gasteiger partial charge in [0.25, 0.3) is 0 Å². The van der Waals surface area contributed by atoms with Crippen molar-refractivity contribution in [3.63, 3.8) is 0 Å². The second-order valence-electron chi connectivity index (χ2n) is 5.57. The second kappa shape index (κ2) is 9.54. The molecule has 0 saturated heterocycles. The first-order valence-corrected chi connectivity index (χ1v) is 7.20. The van der Waals surface area contributed by atoms with Gasteiger partial charge in [-0.05, 0) is 25.0 Å². The SMILES string of the molecule is COc1ccccc1OCCC(=O)NC(C)(CN)C(C)C.Cl. The number of para-hydroxylation sites is 2. The van der Waals surface area contributed by atoms with Crippen LogP contribution in [0, 0.1) is 5.92 Å². The molecular formula is C16H27ClN2O3. The van der Waals surface area contributed by atoms with Gasteiger partial charge < -0.3 is 20.5 Å². The average molecular weight is 331 g/mol. The van der Waals surface area contributed by atoms with Crippen LogP contribution in [0.2, 0.25) is 0 Å². The van der Waals surface area contributed by atoms with E-state index >= 15 is 0 Å². The zero-order valence-corrected chi connectivity index (χ0v) is 14.5. The first-order valence-electron chi connectivity index (χ1n) is 7.20. The van der Waals surface area contributed by atoms with Gasteiger partial charge in [0, 0.05) is 6.54 Å². The summed E-state index contributed by atoms with van der Waals surface area (Å²) in [6, 6.07) is 7.37. The van der Waals surface area contributed by atoms with E-state index in [1.165, 1.54) is 0 Å². The molecule has 1 aromatic rings. The maximum atomic E-state index is 12.0. The Bertz CT molecular complexity index is 468. The minimum Gasteiger partial charge on any atom is -0.493 e. The van der Waals surface area contributed by atoms with Crippen LogP contribution in [0.5, 0.6) is 11.5 Å². The highest BCUT2D eigenvalue weighted by molar-refractivity contribution is 5.85. The summed E-state index contributed by atoms with van der Waals surface area (Å²) in [5.74, 6) is 1.50. The number of benzene rings is 1. The van der Waals surface area contributed by atoms with Crippen LogP contribution in [0.15, 0.2) is 24.3 Å². The summed E-state index contributed by atoms with van der Waals surface area (Å²) in [4.78, 5) is 12.0. The van der Waals surface area contributed by atoms with Crippen LogP contribution in [0.4, 0.5) is 0 Å². The zero-order valence-electron chi connectivity index (χ0n) is 13.7. The van der Waals surface area contributed by atoms with E-state index in [9.17, 15) is 4.79 Å². The summed E-state index contributed by atoms with van der Waals surface area (Å²) in [6.07, 6.45) is 0.278. The lowest BCUT2D eigenvalue weighted by Gasteiger charge is -2.33. The predicted octanol–water partition coefficient (Wildman–Crippen LogP) is 2.38. The van der Waals surface area contributed by atoms with Gasteiger partial charge in [0.1, 0.15) is 0 Å². The molecule has 0 bridgehead atoms. The summed E-state index contributed by atoms with van der Waals surface area (Å²) in [5.41, 5.74) is 5.36. The molecule has 1 aromatic carbocycles. The first-order chi connectivity index (χ1) is 9.92. The van der Waals surface area contributed by atoms with Gasteiger partial charge in [-0.1, -0.05) is 26.0 Å². The number of nitrogens with two attached hydrogens (primary N) is 1. The number of halogens is 1. The number of hydrogen-bond donors (Lipinski definition) is 2. The molecule has 0 aliphatic carbocycles. The quantitative estimate of drug-likeness (QED) is 0.767. The summed E-state index contributed by atoms with van der Waals surface area (Å²) in [6.45, 7) is 6.74. The lowest BCUT2D eigenvalue weighted by molar-refractivity contribution is -0.123. The van der Waals surface area contributed by atoms with Crippen LogP contribution in [-0.2, 0) is 4.79 Å². The third-order valence-electron chi connectivity index (χ3n) is 3.78. The molecule has 0 aliphatic heterocycles. The van der Waals surface area contributed by atoms with Gasteiger partial charge in [0.2, 0.25) is 5.91 Å². The summed E-state index contributed by atoms with van der Waals surface area (Å²) in [7, 11) is 1.59. The molecule has 0 fully saturated rings. The van der Waals surface area contributed by atoms with Crippen molar-refractivity contribution in [2.45, 2.75) is 32.7 Å². The van der Waals surface area contributed by atoms with Gasteiger partial charge in [-0.3, -0.25) is 4.79 Å². The molecule has 0 heterocycles. The number of methoxy groups -OCH3 is 1. The van der Waals surface area contributed by atoms with Crippen molar-refractivity contribution in [2.75, 3.05) is 20.3 Å². The molecule has 1 amide bonds. The Hall–Kier alpha value is -1.46. The van der Waals surface area contributed by atoms with Crippen molar-refractivity contribution in [3.05, 3.63) is 24.3 Å². The van der Waals surface area contributed by atoms with Crippen LogP contribution < -0.4 is 20.5 Å². The Balaban J connectivity index is 0.00000441. The summed E-state index contributed by atoms with van der Waals surface area (Å²) in [5, 5.41) is 2.98. The Morgan fingerprint density at radius 3 is 2.41 bits per heavy atom. The van der Waals surface area contributed by atoms with Crippen LogP contribution in [-0.4, -0.2) is 31.7 Å². The van der Waals surface area contributed by atoms with Gasteiger partial charge in [-0.25, -0.2) is 0 Å². The average Bonchev–Trinajstić information content (AvgIpc) is 2.47. The number of carbonyl (C=O) groups is 1. The topological polar surface area (TPSA) is 73.6 Å². The fourth-order valence-corrected chi connectivity index (χ4v) is 1.80. The molecule has 0 spiro atoms. The number of amides is 1. The lowest BCUT2D eigenvalue weighted by atomic mass is 9.88. The van der Waals surface area contributed by atoms with E-state index in [0.29, 0.717) is 24.7 Å². The molecule has 1 unspecified atom stereocenters. The van der Waals surface area contributed by atoms with Crippen molar-refractivity contribution in [3.8, 4) is 11.5 Å². The molecule has 6 heteroatoms. The highest BCUT2D eigenvalue weighted by Gasteiger charge is 2.28. The number of nitrogens with one attached hydrogen (secondary N) is 1. The largest absolute Gasteiger partial charge is 0.493 e. The number of rotatable bonds is 8. The maximum absolute atomic E-state index is 12.0. The van der Waals surface area contributed by atoms with Crippen molar-refractivity contribution in [2.24, 2.45) is 11.7 Å². The van der Waals surface area contributed by atoms with Crippen LogP contribution in [0.1, 0.15) is 27.2 Å². The molecule has 22 heavy (non-hydrogen) atoms. The van der Waals surface area contributed by atoms with E-state index in [1.54, 1.807) is 7.11 Å². The van der Waals surface area contributed by atoms with Gasteiger partial charge >= 0.3 is 0 Å². The molecule has 0 saturated carbocycles. The lowest BCUT2D eigenvalue weighted by Crippen LogP contribution is -2.55. The Kier molecular flexibility index (Phi) is 8.90. The molecule has 3 N–H and O–H groups in total. The monoisotopic (exact) mass is 330 g/mol. The van der Waals surface area contributed by atoms with Crippen LogP contribution in [0.25, 0.3) is 0 Å². The standard InChI is InChI=1S/C16H26N2O3.ClH/c1-12(2)16(3,11-17)18-15(19)9-10-21-14-8-6-5-7-13(14)20-4;/h5-8,12H,9-11,17H2,1-4H3,(H,18,19);1H. The van der Waals surface area contributed by atoms with Gasteiger partial charge in [0.05, 0.1) is 25.7 Å². The number of ether oxygens (including phenoxy) is 2. The number of hydrogen-bond acceptors (Lipinski definition) is 4. The minimum atomic E-state index is -0.387. The Labute approximate surface area is 139 Å². The van der Waals surface area contributed by atoms with Crippen LogP contribution in [0.3, 0.4) is 0 Å². The molecule has 1 atom stereocenters. The van der Waals surface area contributed by atoms with Crippen molar-refractivity contribution in [1.29, 1.82) is 0 Å². The third kappa shape index (κ3) is 5.73. The maximum Gasteiger partial charge on any atom is 0.223 e. The Morgan fingerprint density at radius 2 is 1.91 bits per heavy atom. The van der Waals surface area contributed by atoms with E-state index in [4.69, 9.17) is 15.2 Å². The highest BCUT2D eigenvalue weighted by atomic mass is 35.5. The van der Waals surface area contributed by atoms with Gasteiger partial charge in [0.15, 0.2) is 11.5 Å². The fourth-order valence-electron chi connectivity index (χ4n) is 1.80. The minimum absolute atomic E-state index is 0. The smallest absolute Gasteiger partial charge is 0.223 e. The van der Waals surface area contributed by atoms with E-state index in [1.807, 2.05) is 45.0 Å². The van der Waals surface area contributed by atoms with Crippen molar-refractivity contribution >= 4 is 18.3 Å². The van der Waals surface area contributed by atoms with Crippen molar-refractivity contribution in [1.82, 2.24) is 5.32 Å². The summed E-state index contributed by atoms with van der Waals surface area (Å²) >= 11 is 0. The van der Waals surface area contributed by atoms with Crippen LogP contribution >= 0.6 is 12.4 Å². The number of carbonyl (C=O) groups excluding carboxylic acids is 1. The highest BCUT2D eigenvalue weighted by Crippen LogP contribution is 2.25. The molecule has 0 aliphatic rings.